The molecular formula is C11H15ClN4O3S. The van der Waals surface area contributed by atoms with Gasteiger partial charge in [-0.05, 0) is 6.07 Å². The third-order valence-electron chi connectivity index (χ3n) is 2.19. The van der Waals surface area contributed by atoms with Crippen LogP contribution in [-0.2, 0) is 15.0 Å². The molecule has 0 fully saturated rings. The van der Waals surface area contributed by atoms with Crippen LogP contribution in [0, 0.1) is 0 Å². The molecule has 0 radical (unpaired) electrons. The van der Waals surface area contributed by atoms with Gasteiger partial charge in [-0.15, -0.1) is 0 Å². The van der Waals surface area contributed by atoms with E-state index in [0.29, 0.717) is 10.6 Å². The fraction of sp³-hybridized carbons (Fsp3) is 0.273. The van der Waals surface area contributed by atoms with Crippen LogP contribution in [0.25, 0.3) is 0 Å². The summed E-state index contributed by atoms with van der Waals surface area (Å²) < 4.78 is 25.8. The lowest BCUT2D eigenvalue weighted by Gasteiger charge is -2.11. The normalized spacial score (nSPS) is 12.0. The number of hydrogen-bond acceptors (Lipinski definition) is 4. The summed E-state index contributed by atoms with van der Waals surface area (Å²) in [4.78, 5) is 11.4. The summed E-state index contributed by atoms with van der Waals surface area (Å²) in [6, 6.07) is 6.97. The van der Waals surface area contributed by atoms with Gasteiger partial charge >= 0.3 is 0 Å². The Morgan fingerprint density at radius 2 is 2.05 bits per heavy atom. The van der Waals surface area contributed by atoms with Crippen LogP contribution in [0.15, 0.2) is 29.4 Å². The number of carbonyl (C=O) groups excluding carboxylic acids is 1. The molecule has 0 saturated carbocycles. The molecule has 0 spiro atoms. The molecule has 20 heavy (non-hydrogen) atoms. The summed E-state index contributed by atoms with van der Waals surface area (Å²) in [6.07, 6.45) is 1.38. The van der Waals surface area contributed by atoms with Crippen molar-refractivity contribution < 1.29 is 13.2 Å². The van der Waals surface area contributed by atoms with Gasteiger partial charge in [-0.3, -0.25) is 4.79 Å². The second-order valence-electron chi connectivity index (χ2n) is 3.92. The summed E-state index contributed by atoms with van der Waals surface area (Å²) in [5.74, 6) is -0.585. The maximum absolute atomic E-state index is 11.4. The molecule has 1 rings (SSSR count). The van der Waals surface area contributed by atoms with E-state index in [2.05, 4.69) is 15.2 Å². The van der Waals surface area contributed by atoms with Gasteiger partial charge in [-0.25, -0.2) is 5.43 Å². The van der Waals surface area contributed by atoms with Crippen LogP contribution in [0.4, 0.5) is 0 Å². The van der Waals surface area contributed by atoms with Crippen LogP contribution in [0.5, 0.6) is 0 Å². The van der Waals surface area contributed by atoms with Crippen LogP contribution >= 0.6 is 11.6 Å². The van der Waals surface area contributed by atoms with Crippen molar-refractivity contribution in [2.75, 3.05) is 20.6 Å². The quantitative estimate of drug-likeness (QED) is 0.579. The van der Waals surface area contributed by atoms with Crippen molar-refractivity contribution in [1.82, 2.24) is 14.5 Å². The molecule has 1 amide bonds. The maximum atomic E-state index is 11.4. The zero-order chi connectivity index (χ0) is 15.2. The van der Waals surface area contributed by atoms with Crippen molar-refractivity contribution in [3.8, 4) is 0 Å². The van der Waals surface area contributed by atoms with E-state index in [1.807, 2.05) is 0 Å². The highest BCUT2D eigenvalue weighted by Gasteiger charge is 2.13. The van der Waals surface area contributed by atoms with Gasteiger partial charge in [0.1, 0.15) is 0 Å². The number of halogens is 1. The van der Waals surface area contributed by atoms with E-state index in [-0.39, 0.29) is 0 Å². The summed E-state index contributed by atoms with van der Waals surface area (Å²) >= 11 is 5.89. The Bertz CT molecular complexity index is 601. The maximum Gasteiger partial charge on any atom is 0.279 e. The average Bonchev–Trinajstić information content (AvgIpc) is 2.38. The standard InChI is InChI=1S/C11H15ClN4O3S/c1-16(2)20(18,19)14-8-11(17)15-13-7-9-5-3-4-6-10(9)12/h3-7,14H,8H2,1-2H3,(H,15,17)/b13-7-. The first-order valence-electron chi connectivity index (χ1n) is 5.56. The number of hydrazone groups is 1. The highest BCUT2D eigenvalue weighted by molar-refractivity contribution is 7.87. The molecule has 0 aromatic heterocycles. The number of nitrogens with one attached hydrogen (secondary N) is 2. The molecule has 0 aliphatic rings. The van der Waals surface area contributed by atoms with Crippen LogP contribution in [0.2, 0.25) is 5.02 Å². The molecule has 0 heterocycles. The van der Waals surface area contributed by atoms with Crippen molar-refractivity contribution in [2.24, 2.45) is 5.10 Å². The topological polar surface area (TPSA) is 90.9 Å². The van der Waals surface area contributed by atoms with Gasteiger partial charge in [0.05, 0.1) is 12.8 Å². The molecule has 7 nitrogen and oxygen atoms in total. The first kappa shape index (κ1) is 16.6. The first-order valence-corrected chi connectivity index (χ1v) is 7.38. The van der Waals surface area contributed by atoms with Gasteiger partial charge in [0, 0.05) is 24.7 Å². The lowest BCUT2D eigenvalue weighted by molar-refractivity contribution is -0.119. The Hall–Kier alpha value is -1.48. The van der Waals surface area contributed by atoms with Crippen LogP contribution in [-0.4, -0.2) is 45.5 Å². The molecule has 0 bridgehead atoms. The van der Waals surface area contributed by atoms with Crippen molar-refractivity contribution in [1.29, 1.82) is 0 Å². The number of amides is 1. The Balaban J connectivity index is 2.47. The van der Waals surface area contributed by atoms with Crippen molar-refractivity contribution in [2.45, 2.75) is 0 Å². The molecule has 1 aromatic rings. The minimum absolute atomic E-state index is 0.402. The number of carbonyl (C=O) groups is 1. The van der Waals surface area contributed by atoms with Crippen LogP contribution in [0.3, 0.4) is 0 Å². The van der Waals surface area contributed by atoms with Gasteiger partial charge in [0.2, 0.25) is 0 Å². The second kappa shape index (κ2) is 7.34. The molecule has 2 N–H and O–H groups in total. The molecule has 0 aliphatic carbocycles. The Morgan fingerprint density at radius 3 is 2.65 bits per heavy atom. The Morgan fingerprint density at radius 1 is 1.40 bits per heavy atom. The predicted octanol–water partition coefficient (Wildman–Crippen LogP) is 0.186. The number of rotatable bonds is 6. The zero-order valence-corrected chi connectivity index (χ0v) is 12.6. The molecular weight excluding hydrogens is 304 g/mol. The number of benzene rings is 1. The molecule has 0 unspecified atom stereocenters. The van der Waals surface area contributed by atoms with Gasteiger partial charge in [0.15, 0.2) is 0 Å². The van der Waals surface area contributed by atoms with E-state index in [0.717, 1.165) is 4.31 Å². The number of hydrogen-bond donors (Lipinski definition) is 2. The van der Waals surface area contributed by atoms with E-state index in [1.165, 1.54) is 20.3 Å². The molecule has 1 aromatic carbocycles. The number of nitrogens with zero attached hydrogens (tertiary/aromatic N) is 2. The van der Waals surface area contributed by atoms with E-state index in [4.69, 9.17) is 11.6 Å². The average molecular weight is 319 g/mol. The van der Waals surface area contributed by atoms with Gasteiger partial charge in [-0.2, -0.15) is 22.5 Å². The SMILES string of the molecule is CN(C)S(=O)(=O)NCC(=O)N/N=C\c1ccccc1Cl. The summed E-state index contributed by atoms with van der Waals surface area (Å²) in [5.41, 5.74) is 2.84. The van der Waals surface area contributed by atoms with E-state index < -0.39 is 22.7 Å². The molecule has 0 atom stereocenters. The van der Waals surface area contributed by atoms with Crippen molar-refractivity contribution in [3.63, 3.8) is 0 Å². The predicted molar refractivity (Wildman–Crippen MR) is 77.8 cm³/mol. The molecule has 0 saturated heterocycles. The monoisotopic (exact) mass is 318 g/mol. The van der Waals surface area contributed by atoms with Crippen molar-refractivity contribution >= 4 is 33.9 Å². The largest absolute Gasteiger partial charge is 0.279 e. The van der Waals surface area contributed by atoms with Gasteiger partial charge in [-0.1, -0.05) is 29.8 Å². The third-order valence-corrected chi connectivity index (χ3v) is 4.01. The molecule has 0 aliphatic heterocycles. The minimum Gasteiger partial charge on any atom is -0.272 e. The molecule has 9 heteroatoms. The van der Waals surface area contributed by atoms with Gasteiger partial charge in [0.25, 0.3) is 16.1 Å². The minimum atomic E-state index is -3.63. The Labute approximate surface area is 122 Å². The van der Waals surface area contributed by atoms with Crippen molar-refractivity contribution in [3.05, 3.63) is 34.9 Å². The third kappa shape index (κ3) is 5.25. The van der Waals surface area contributed by atoms with Crippen LogP contribution < -0.4 is 10.1 Å². The second-order valence-corrected chi connectivity index (χ2v) is 6.30. The van der Waals surface area contributed by atoms with E-state index in [9.17, 15) is 13.2 Å². The van der Waals surface area contributed by atoms with E-state index in [1.54, 1.807) is 24.3 Å². The molecule has 110 valence electrons. The fourth-order valence-electron chi connectivity index (χ4n) is 1.08. The highest BCUT2D eigenvalue weighted by atomic mass is 35.5. The van der Waals surface area contributed by atoms with Gasteiger partial charge < -0.3 is 0 Å². The highest BCUT2D eigenvalue weighted by Crippen LogP contribution is 2.11. The summed E-state index contributed by atoms with van der Waals surface area (Å²) in [6.45, 7) is -0.402. The van der Waals surface area contributed by atoms with E-state index >= 15 is 0 Å². The van der Waals surface area contributed by atoms with Crippen LogP contribution in [0.1, 0.15) is 5.56 Å². The zero-order valence-electron chi connectivity index (χ0n) is 11.0. The smallest absolute Gasteiger partial charge is 0.272 e. The Kier molecular flexibility index (Phi) is 6.08. The fourth-order valence-corrected chi connectivity index (χ4v) is 1.84. The summed E-state index contributed by atoms with van der Waals surface area (Å²) in [7, 11) is -0.914. The first-order chi connectivity index (χ1) is 9.33. The summed E-state index contributed by atoms with van der Waals surface area (Å²) in [5, 5.41) is 4.19. The lowest BCUT2D eigenvalue weighted by atomic mass is 10.2. The lowest BCUT2D eigenvalue weighted by Crippen LogP contribution is -2.41.